The maximum absolute atomic E-state index is 12.5. The molecule has 0 spiro atoms. The van der Waals surface area contributed by atoms with E-state index in [1.54, 1.807) is 6.92 Å². The standard InChI is InChI=1S/C8H17FN2/c1-7(9)6-11-4-2-8(10)3-5-11/h7-8H,2-6,10H2,1H3/t7-/m0/s1. The van der Waals surface area contributed by atoms with Gasteiger partial charge in [0.25, 0.3) is 0 Å². The summed E-state index contributed by atoms with van der Waals surface area (Å²) in [6.07, 6.45) is 1.34. The Morgan fingerprint density at radius 2 is 2.09 bits per heavy atom. The molecule has 3 heteroatoms. The second-order valence-corrected chi connectivity index (χ2v) is 3.42. The Morgan fingerprint density at radius 1 is 1.55 bits per heavy atom. The van der Waals surface area contributed by atoms with E-state index >= 15 is 0 Å². The van der Waals surface area contributed by atoms with Gasteiger partial charge in [-0.3, -0.25) is 0 Å². The lowest BCUT2D eigenvalue weighted by Crippen LogP contribution is -2.41. The summed E-state index contributed by atoms with van der Waals surface area (Å²) in [5.41, 5.74) is 5.71. The first kappa shape index (κ1) is 8.94. The predicted octanol–water partition coefficient (Wildman–Crippen LogP) is 0.767. The minimum atomic E-state index is -0.704. The summed E-state index contributed by atoms with van der Waals surface area (Å²) >= 11 is 0. The van der Waals surface area contributed by atoms with E-state index < -0.39 is 6.17 Å². The third-order valence-electron chi connectivity index (χ3n) is 2.14. The lowest BCUT2D eigenvalue weighted by Gasteiger charge is -2.30. The first-order chi connectivity index (χ1) is 5.18. The molecule has 1 heterocycles. The summed E-state index contributed by atoms with van der Waals surface area (Å²) in [7, 11) is 0. The van der Waals surface area contributed by atoms with Crippen LogP contribution in [0, 0.1) is 0 Å². The van der Waals surface area contributed by atoms with E-state index in [9.17, 15) is 4.39 Å². The molecule has 2 nitrogen and oxygen atoms in total. The average Bonchev–Trinajstić information content (AvgIpc) is 1.93. The molecule has 0 aromatic heterocycles. The van der Waals surface area contributed by atoms with Crippen LogP contribution in [-0.4, -0.2) is 36.7 Å². The van der Waals surface area contributed by atoms with Gasteiger partial charge in [0.15, 0.2) is 0 Å². The largest absolute Gasteiger partial charge is 0.328 e. The van der Waals surface area contributed by atoms with Crippen molar-refractivity contribution in [1.82, 2.24) is 4.90 Å². The topological polar surface area (TPSA) is 29.3 Å². The van der Waals surface area contributed by atoms with E-state index in [2.05, 4.69) is 4.90 Å². The molecule has 1 aliphatic rings. The smallest absolute Gasteiger partial charge is 0.110 e. The number of piperidine rings is 1. The van der Waals surface area contributed by atoms with Gasteiger partial charge in [-0.05, 0) is 32.9 Å². The zero-order valence-electron chi connectivity index (χ0n) is 7.09. The van der Waals surface area contributed by atoms with Crippen LogP contribution in [0.25, 0.3) is 0 Å². The third kappa shape index (κ3) is 3.16. The summed E-state index contributed by atoms with van der Waals surface area (Å²) in [5, 5.41) is 0. The van der Waals surface area contributed by atoms with Crippen LogP contribution >= 0.6 is 0 Å². The Labute approximate surface area is 67.6 Å². The van der Waals surface area contributed by atoms with Gasteiger partial charge in [-0.2, -0.15) is 0 Å². The molecular weight excluding hydrogens is 143 g/mol. The van der Waals surface area contributed by atoms with Gasteiger partial charge in [0, 0.05) is 12.6 Å². The van der Waals surface area contributed by atoms with Crippen molar-refractivity contribution >= 4 is 0 Å². The molecule has 1 fully saturated rings. The van der Waals surface area contributed by atoms with Gasteiger partial charge in [0.05, 0.1) is 0 Å². The van der Waals surface area contributed by atoms with Crippen molar-refractivity contribution in [3.63, 3.8) is 0 Å². The van der Waals surface area contributed by atoms with Gasteiger partial charge in [0.1, 0.15) is 6.17 Å². The Bertz CT molecular complexity index is 109. The van der Waals surface area contributed by atoms with Crippen molar-refractivity contribution in [2.24, 2.45) is 5.73 Å². The molecule has 1 saturated heterocycles. The fourth-order valence-corrected chi connectivity index (χ4v) is 1.49. The molecule has 0 aliphatic carbocycles. The lowest BCUT2D eigenvalue weighted by atomic mass is 10.1. The van der Waals surface area contributed by atoms with Crippen molar-refractivity contribution < 1.29 is 4.39 Å². The maximum atomic E-state index is 12.5. The Morgan fingerprint density at radius 3 is 2.55 bits per heavy atom. The van der Waals surface area contributed by atoms with Crippen molar-refractivity contribution in [1.29, 1.82) is 0 Å². The third-order valence-corrected chi connectivity index (χ3v) is 2.14. The number of halogens is 1. The van der Waals surface area contributed by atoms with Crippen molar-refractivity contribution in [3.8, 4) is 0 Å². The van der Waals surface area contributed by atoms with Crippen LogP contribution in [0.5, 0.6) is 0 Å². The molecule has 2 N–H and O–H groups in total. The van der Waals surface area contributed by atoms with Gasteiger partial charge in [-0.15, -0.1) is 0 Å². The number of nitrogens with zero attached hydrogens (tertiary/aromatic N) is 1. The molecule has 0 radical (unpaired) electrons. The predicted molar refractivity (Wildman–Crippen MR) is 44.2 cm³/mol. The van der Waals surface area contributed by atoms with Gasteiger partial charge >= 0.3 is 0 Å². The zero-order chi connectivity index (χ0) is 8.27. The number of nitrogens with two attached hydrogens (primary N) is 1. The highest BCUT2D eigenvalue weighted by Gasteiger charge is 2.16. The summed E-state index contributed by atoms with van der Waals surface area (Å²) in [4.78, 5) is 2.15. The molecular formula is C8H17FN2. The molecule has 11 heavy (non-hydrogen) atoms. The van der Waals surface area contributed by atoms with E-state index in [1.807, 2.05) is 0 Å². The number of alkyl halides is 1. The molecule has 1 atom stereocenters. The maximum Gasteiger partial charge on any atom is 0.110 e. The fraction of sp³-hybridized carbons (Fsp3) is 1.00. The van der Waals surface area contributed by atoms with Crippen molar-refractivity contribution in [2.75, 3.05) is 19.6 Å². The molecule has 0 aromatic carbocycles. The molecule has 1 rings (SSSR count). The van der Waals surface area contributed by atoms with E-state index in [-0.39, 0.29) is 0 Å². The van der Waals surface area contributed by atoms with Crippen LogP contribution in [0.3, 0.4) is 0 Å². The van der Waals surface area contributed by atoms with Crippen LogP contribution in [0.15, 0.2) is 0 Å². The van der Waals surface area contributed by atoms with Gasteiger partial charge in [0.2, 0.25) is 0 Å². The number of hydrogen-bond donors (Lipinski definition) is 1. The Kier molecular flexibility index (Phi) is 3.27. The summed E-state index contributed by atoms with van der Waals surface area (Å²) < 4.78 is 12.5. The van der Waals surface area contributed by atoms with Crippen LogP contribution in [0.4, 0.5) is 4.39 Å². The molecule has 1 aliphatic heterocycles. The van der Waals surface area contributed by atoms with Crippen LogP contribution < -0.4 is 5.73 Å². The SMILES string of the molecule is C[C@H](F)CN1CCC(N)CC1. The molecule has 0 unspecified atom stereocenters. The number of rotatable bonds is 2. The van der Waals surface area contributed by atoms with Crippen molar-refractivity contribution in [3.05, 3.63) is 0 Å². The molecule has 0 aromatic rings. The Hall–Kier alpha value is -0.150. The molecule has 66 valence electrons. The Balaban J connectivity index is 2.17. The number of likely N-dealkylation sites (tertiary alicyclic amines) is 1. The lowest BCUT2D eigenvalue weighted by molar-refractivity contribution is 0.166. The summed E-state index contributed by atoms with van der Waals surface area (Å²) in [6, 6.07) is 0.348. The van der Waals surface area contributed by atoms with Crippen LogP contribution in [0.1, 0.15) is 19.8 Å². The first-order valence-electron chi connectivity index (χ1n) is 4.30. The second-order valence-electron chi connectivity index (χ2n) is 3.42. The van der Waals surface area contributed by atoms with Crippen molar-refractivity contribution in [2.45, 2.75) is 32.0 Å². The highest BCUT2D eigenvalue weighted by molar-refractivity contribution is 4.74. The minimum Gasteiger partial charge on any atom is -0.328 e. The van der Waals surface area contributed by atoms with E-state index in [4.69, 9.17) is 5.73 Å². The van der Waals surface area contributed by atoms with E-state index in [0.717, 1.165) is 25.9 Å². The summed E-state index contributed by atoms with van der Waals surface area (Å²) in [5.74, 6) is 0. The minimum absolute atomic E-state index is 0.348. The highest BCUT2D eigenvalue weighted by atomic mass is 19.1. The normalized spacial score (nSPS) is 25.4. The van der Waals surface area contributed by atoms with E-state index in [0.29, 0.717) is 12.6 Å². The summed E-state index contributed by atoms with van der Waals surface area (Å²) in [6.45, 7) is 4.12. The van der Waals surface area contributed by atoms with E-state index in [1.165, 1.54) is 0 Å². The highest BCUT2D eigenvalue weighted by Crippen LogP contribution is 2.08. The molecule has 0 saturated carbocycles. The van der Waals surface area contributed by atoms with Gasteiger partial charge in [-0.1, -0.05) is 0 Å². The number of hydrogen-bond acceptors (Lipinski definition) is 2. The van der Waals surface area contributed by atoms with Gasteiger partial charge in [-0.25, -0.2) is 4.39 Å². The van der Waals surface area contributed by atoms with Crippen LogP contribution in [-0.2, 0) is 0 Å². The van der Waals surface area contributed by atoms with Crippen LogP contribution in [0.2, 0.25) is 0 Å². The first-order valence-corrected chi connectivity index (χ1v) is 4.30. The monoisotopic (exact) mass is 160 g/mol. The second kappa shape index (κ2) is 4.02. The average molecular weight is 160 g/mol. The quantitative estimate of drug-likeness (QED) is 0.646. The van der Waals surface area contributed by atoms with Gasteiger partial charge < -0.3 is 10.6 Å². The zero-order valence-corrected chi connectivity index (χ0v) is 7.09. The molecule has 0 amide bonds. The fourth-order valence-electron chi connectivity index (χ4n) is 1.49. The molecule has 0 bridgehead atoms.